The molecule has 0 fully saturated rings. The molecule has 0 radical (unpaired) electrons. The summed E-state index contributed by atoms with van der Waals surface area (Å²) in [5.41, 5.74) is 2.18. The van der Waals surface area contributed by atoms with Gasteiger partial charge in [0.15, 0.2) is 0 Å². The van der Waals surface area contributed by atoms with E-state index in [1.165, 1.54) is 12.1 Å². The van der Waals surface area contributed by atoms with Gasteiger partial charge in [-0.2, -0.15) is 5.26 Å². The molecule has 8 heteroatoms. The molecule has 4 aromatic rings. The summed E-state index contributed by atoms with van der Waals surface area (Å²) in [6, 6.07) is 21.5. The molecule has 0 atom stereocenters. The third-order valence-corrected chi connectivity index (χ3v) is 4.88. The summed E-state index contributed by atoms with van der Waals surface area (Å²) in [5.74, 6) is 1.30. The van der Waals surface area contributed by atoms with Crippen molar-refractivity contribution in [3.05, 3.63) is 89.1 Å². The smallest absolute Gasteiger partial charge is 0.409 e. The second kappa shape index (κ2) is 9.25. The zero-order valence-electron chi connectivity index (χ0n) is 16.6. The summed E-state index contributed by atoms with van der Waals surface area (Å²) in [6.45, 7) is 0.326. The molecule has 1 aromatic heterocycles. The molecular formula is C24H16ClN3O4. The van der Waals surface area contributed by atoms with Crippen LogP contribution in [0.4, 0.5) is 10.5 Å². The zero-order chi connectivity index (χ0) is 22.5. The summed E-state index contributed by atoms with van der Waals surface area (Å²) in [7, 11) is 0. The van der Waals surface area contributed by atoms with Crippen molar-refractivity contribution in [2.45, 2.75) is 6.61 Å². The highest BCUT2D eigenvalue weighted by Crippen LogP contribution is 2.35. The van der Waals surface area contributed by atoms with Gasteiger partial charge in [0.25, 0.3) is 0 Å². The molecule has 0 unspecified atom stereocenters. The maximum atomic E-state index is 10.8. The van der Waals surface area contributed by atoms with Crippen molar-refractivity contribution in [1.29, 1.82) is 5.26 Å². The maximum absolute atomic E-state index is 10.8. The highest BCUT2D eigenvalue weighted by atomic mass is 35.5. The number of fused-ring (bicyclic) bond motifs is 1. The lowest BCUT2D eigenvalue weighted by atomic mass is 10.1. The maximum Gasteiger partial charge on any atom is 0.409 e. The van der Waals surface area contributed by atoms with E-state index in [1.54, 1.807) is 30.5 Å². The Balaban J connectivity index is 1.63. The molecule has 1 amide bonds. The monoisotopic (exact) mass is 445 g/mol. The lowest BCUT2D eigenvalue weighted by Crippen LogP contribution is -2.07. The second-order valence-electron chi connectivity index (χ2n) is 6.73. The Morgan fingerprint density at radius 1 is 1.09 bits per heavy atom. The number of hydrogen-bond donors (Lipinski definition) is 2. The fourth-order valence-electron chi connectivity index (χ4n) is 3.08. The molecule has 0 aliphatic heterocycles. The van der Waals surface area contributed by atoms with Crippen molar-refractivity contribution in [3.8, 4) is 23.3 Å². The molecule has 0 aliphatic carbocycles. The van der Waals surface area contributed by atoms with E-state index in [9.17, 15) is 10.1 Å². The molecule has 3 aromatic carbocycles. The predicted octanol–water partition coefficient (Wildman–Crippen LogP) is 6.22. The van der Waals surface area contributed by atoms with E-state index >= 15 is 0 Å². The van der Waals surface area contributed by atoms with Gasteiger partial charge in [-0.15, -0.1) is 0 Å². The molecular weight excluding hydrogens is 430 g/mol. The number of carboxylic acid groups (broad SMARTS) is 1. The summed E-state index contributed by atoms with van der Waals surface area (Å²) in [4.78, 5) is 15.2. The van der Waals surface area contributed by atoms with Gasteiger partial charge < -0.3 is 14.6 Å². The third-order valence-electron chi connectivity index (χ3n) is 4.57. The number of pyridine rings is 1. The summed E-state index contributed by atoms with van der Waals surface area (Å²) >= 11 is 6.13. The Bertz CT molecular complexity index is 1340. The first-order chi connectivity index (χ1) is 15.5. The lowest BCUT2D eigenvalue weighted by Gasteiger charge is -2.13. The Labute approximate surface area is 188 Å². The minimum absolute atomic E-state index is 0.192. The van der Waals surface area contributed by atoms with Crippen LogP contribution >= 0.6 is 11.6 Å². The molecule has 0 spiro atoms. The van der Waals surface area contributed by atoms with Crippen molar-refractivity contribution in [2.24, 2.45) is 0 Å². The molecule has 7 nitrogen and oxygen atoms in total. The molecule has 2 N–H and O–H groups in total. The first-order valence-electron chi connectivity index (χ1n) is 9.50. The van der Waals surface area contributed by atoms with Crippen molar-refractivity contribution in [2.75, 3.05) is 5.32 Å². The number of aromatic nitrogens is 1. The van der Waals surface area contributed by atoms with Gasteiger partial charge in [0, 0.05) is 23.7 Å². The van der Waals surface area contributed by atoms with Crippen LogP contribution in [0.25, 0.3) is 10.9 Å². The van der Waals surface area contributed by atoms with E-state index in [2.05, 4.69) is 16.4 Å². The van der Waals surface area contributed by atoms with Crippen LogP contribution in [0.15, 0.2) is 72.9 Å². The highest BCUT2D eigenvalue weighted by molar-refractivity contribution is 6.33. The standard InChI is InChI=1S/C24H16ClN3O4/c25-19-11-17(6-7-20(19)28-24(29)30)32-22-8-9-27-21-12-23(16(13-26)10-18(21)22)31-14-15-4-2-1-3-5-15/h1-12,28H,14H2,(H,29,30). The van der Waals surface area contributed by atoms with E-state index in [0.29, 0.717) is 40.3 Å². The number of halogens is 1. The number of nitrogens with zero attached hydrogens (tertiary/aromatic N) is 2. The molecule has 0 bridgehead atoms. The molecule has 0 aliphatic rings. The van der Waals surface area contributed by atoms with Crippen LogP contribution in [0.1, 0.15) is 11.1 Å². The van der Waals surface area contributed by atoms with Crippen LogP contribution in [0, 0.1) is 11.3 Å². The number of carbonyl (C=O) groups is 1. The van der Waals surface area contributed by atoms with Crippen LogP contribution in [-0.4, -0.2) is 16.2 Å². The number of nitriles is 1. The number of hydrogen-bond acceptors (Lipinski definition) is 5. The number of nitrogens with one attached hydrogen (secondary N) is 1. The molecule has 32 heavy (non-hydrogen) atoms. The van der Waals surface area contributed by atoms with E-state index in [4.69, 9.17) is 26.2 Å². The molecule has 0 saturated heterocycles. The Morgan fingerprint density at radius 3 is 2.62 bits per heavy atom. The highest BCUT2D eigenvalue weighted by Gasteiger charge is 2.13. The fraction of sp³-hybridized carbons (Fsp3) is 0.0417. The van der Waals surface area contributed by atoms with Gasteiger partial charge in [-0.3, -0.25) is 10.3 Å². The van der Waals surface area contributed by atoms with Gasteiger partial charge in [-0.25, -0.2) is 4.79 Å². The fourth-order valence-corrected chi connectivity index (χ4v) is 3.30. The first-order valence-corrected chi connectivity index (χ1v) is 9.88. The second-order valence-corrected chi connectivity index (χ2v) is 7.14. The number of ether oxygens (including phenoxy) is 2. The Hall–Kier alpha value is -4.28. The predicted molar refractivity (Wildman–Crippen MR) is 120 cm³/mol. The minimum Gasteiger partial charge on any atom is -0.487 e. The van der Waals surface area contributed by atoms with Crippen LogP contribution in [0.3, 0.4) is 0 Å². The molecule has 1 heterocycles. The van der Waals surface area contributed by atoms with E-state index in [0.717, 1.165) is 5.56 Å². The van der Waals surface area contributed by atoms with Gasteiger partial charge >= 0.3 is 6.09 Å². The van der Waals surface area contributed by atoms with Gasteiger partial charge in [-0.1, -0.05) is 41.9 Å². The average Bonchev–Trinajstić information content (AvgIpc) is 2.79. The van der Waals surface area contributed by atoms with Crippen LogP contribution in [0.2, 0.25) is 5.02 Å². The van der Waals surface area contributed by atoms with Crippen LogP contribution in [0.5, 0.6) is 17.2 Å². The zero-order valence-corrected chi connectivity index (χ0v) is 17.3. The third kappa shape index (κ3) is 4.72. The number of amides is 1. The van der Waals surface area contributed by atoms with Crippen LogP contribution in [-0.2, 0) is 6.61 Å². The van der Waals surface area contributed by atoms with E-state index in [1.807, 2.05) is 30.3 Å². The number of benzene rings is 3. The van der Waals surface area contributed by atoms with Crippen molar-refractivity contribution >= 4 is 34.3 Å². The average molecular weight is 446 g/mol. The van der Waals surface area contributed by atoms with Crippen molar-refractivity contribution < 1.29 is 19.4 Å². The van der Waals surface area contributed by atoms with Crippen molar-refractivity contribution in [1.82, 2.24) is 4.98 Å². The summed E-state index contributed by atoms with van der Waals surface area (Å²) in [5, 5.41) is 21.5. The minimum atomic E-state index is -1.21. The molecule has 4 rings (SSSR count). The van der Waals surface area contributed by atoms with E-state index < -0.39 is 6.09 Å². The van der Waals surface area contributed by atoms with Gasteiger partial charge in [0.2, 0.25) is 0 Å². The topological polar surface area (TPSA) is 104 Å². The SMILES string of the molecule is N#Cc1cc2c(Oc3ccc(NC(=O)O)c(Cl)c3)ccnc2cc1OCc1ccccc1. The number of rotatable bonds is 6. The summed E-state index contributed by atoms with van der Waals surface area (Å²) in [6.07, 6.45) is 0.377. The van der Waals surface area contributed by atoms with Crippen LogP contribution < -0.4 is 14.8 Å². The normalized spacial score (nSPS) is 10.4. The first kappa shape index (κ1) is 21.0. The quantitative estimate of drug-likeness (QED) is 0.365. The molecule has 158 valence electrons. The summed E-state index contributed by atoms with van der Waals surface area (Å²) < 4.78 is 11.8. The largest absolute Gasteiger partial charge is 0.487 e. The molecule has 0 saturated carbocycles. The van der Waals surface area contributed by atoms with Gasteiger partial charge in [0.05, 0.1) is 21.8 Å². The Morgan fingerprint density at radius 2 is 1.91 bits per heavy atom. The van der Waals surface area contributed by atoms with Gasteiger partial charge in [0.1, 0.15) is 29.9 Å². The van der Waals surface area contributed by atoms with Gasteiger partial charge in [-0.05, 0) is 29.8 Å². The number of anilines is 1. The Kier molecular flexibility index (Phi) is 6.06. The lowest BCUT2D eigenvalue weighted by molar-refractivity contribution is 0.209. The van der Waals surface area contributed by atoms with E-state index in [-0.39, 0.29) is 10.7 Å². The van der Waals surface area contributed by atoms with Crippen molar-refractivity contribution in [3.63, 3.8) is 0 Å².